The van der Waals surface area contributed by atoms with Gasteiger partial charge in [-0.25, -0.2) is 0 Å². The Bertz CT molecular complexity index is 177. The van der Waals surface area contributed by atoms with E-state index in [1.54, 1.807) is 7.11 Å². The Labute approximate surface area is 75.8 Å². The summed E-state index contributed by atoms with van der Waals surface area (Å²) < 4.78 is 9.91. The van der Waals surface area contributed by atoms with Crippen molar-refractivity contribution in [2.45, 2.75) is 13.8 Å². The molecule has 0 heterocycles. The van der Waals surface area contributed by atoms with E-state index in [1.807, 2.05) is 44.2 Å². The van der Waals surface area contributed by atoms with Crippen LogP contribution < -0.4 is 4.52 Å². The molecule has 1 aromatic rings. The highest BCUT2D eigenvalue weighted by Gasteiger charge is 1.87. The normalized spacial score (nSPS) is 9.25. The van der Waals surface area contributed by atoms with E-state index in [2.05, 4.69) is 0 Å². The predicted octanol–water partition coefficient (Wildman–Crippen LogP) is 3.25. The molecule has 1 rings (SSSR count). The zero-order valence-electron chi connectivity index (χ0n) is 7.70. The van der Waals surface area contributed by atoms with Crippen LogP contribution in [0.1, 0.15) is 13.8 Å². The number of benzene rings is 1. The minimum absolute atomic E-state index is 0.0923. The number of hydrogen-bond donors (Lipinski definition) is 0. The van der Waals surface area contributed by atoms with Gasteiger partial charge in [-0.1, -0.05) is 32.0 Å². The summed E-state index contributed by atoms with van der Waals surface area (Å²) in [5.41, 5.74) is 0. The van der Waals surface area contributed by atoms with Crippen molar-refractivity contribution in [3.63, 3.8) is 0 Å². The van der Waals surface area contributed by atoms with Crippen molar-refractivity contribution in [2.24, 2.45) is 0 Å². The largest absolute Gasteiger partial charge is 0.450 e. The van der Waals surface area contributed by atoms with Crippen LogP contribution in [0.4, 0.5) is 0 Å². The van der Waals surface area contributed by atoms with Crippen LogP contribution in [-0.4, -0.2) is 7.11 Å². The van der Waals surface area contributed by atoms with Gasteiger partial charge in [0.25, 0.3) is 0 Å². The first-order chi connectivity index (χ1) is 5.93. The minimum Gasteiger partial charge on any atom is -0.450 e. The van der Waals surface area contributed by atoms with Gasteiger partial charge < -0.3 is 9.05 Å². The summed E-state index contributed by atoms with van der Waals surface area (Å²) in [6.07, 6.45) is 0. The van der Waals surface area contributed by atoms with E-state index in [0.717, 1.165) is 5.75 Å². The Balaban J connectivity index is 0.000000561. The lowest BCUT2D eigenvalue weighted by atomic mass is 10.3. The van der Waals surface area contributed by atoms with Gasteiger partial charge in [0.05, 0.1) is 0 Å². The molecule has 0 aliphatic heterocycles. The lowest BCUT2D eigenvalue weighted by Crippen LogP contribution is -1.76. The molecule has 0 saturated heterocycles. The molecule has 0 aliphatic carbocycles. The molecule has 12 heavy (non-hydrogen) atoms. The van der Waals surface area contributed by atoms with Crippen molar-refractivity contribution in [2.75, 3.05) is 7.11 Å². The summed E-state index contributed by atoms with van der Waals surface area (Å²) in [4.78, 5) is 0. The van der Waals surface area contributed by atoms with E-state index in [9.17, 15) is 0 Å². The number of hydrogen-bond acceptors (Lipinski definition) is 2. The van der Waals surface area contributed by atoms with Crippen LogP contribution in [-0.2, 0) is 4.52 Å². The third-order valence-corrected chi connectivity index (χ3v) is 1.47. The number of para-hydroxylation sites is 1. The molecule has 0 bridgehead atoms. The minimum atomic E-state index is 0.0923. The Morgan fingerprint density at radius 2 is 1.67 bits per heavy atom. The summed E-state index contributed by atoms with van der Waals surface area (Å²) in [5.74, 6) is 0.850. The van der Waals surface area contributed by atoms with E-state index in [-0.39, 0.29) is 9.03 Å². The van der Waals surface area contributed by atoms with Crippen LogP contribution in [0, 0.1) is 0 Å². The fourth-order valence-corrected chi connectivity index (χ4v) is 0.894. The maximum Gasteiger partial charge on any atom is 0.215 e. The van der Waals surface area contributed by atoms with Crippen molar-refractivity contribution in [1.82, 2.24) is 0 Å². The Morgan fingerprint density at radius 3 is 2.17 bits per heavy atom. The third-order valence-electron chi connectivity index (χ3n) is 0.986. The summed E-state index contributed by atoms with van der Waals surface area (Å²) in [7, 11) is 1.70. The Morgan fingerprint density at radius 1 is 1.08 bits per heavy atom. The molecule has 0 N–H and O–H groups in total. The van der Waals surface area contributed by atoms with E-state index < -0.39 is 0 Å². The smallest absolute Gasteiger partial charge is 0.215 e. The van der Waals surface area contributed by atoms with Crippen molar-refractivity contribution in [3.8, 4) is 5.75 Å². The van der Waals surface area contributed by atoms with Gasteiger partial charge in [-0.05, 0) is 12.1 Å². The van der Waals surface area contributed by atoms with Gasteiger partial charge in [0.1, 0.15) is 5.75 Å². The average molecular weight is 186 g/mol. The standard InChI is InChI=1S/C7H9O2P.C2H6/c1-8-10-9-7-5-3-2-4-6-7;1-2/h2-6,10H,1H3;1-2H3. The molecule has 0 saturated carbocycles. The molecular formula is C9H15O2P. The van der Waals surface area contributed by atoms with Gasteiger partial charge in [-0.2, -0.15) is 0 Å². The van der Waals surface area contributed by atoms with Gasteiger partial charge >= 0.3 is 0 Å². The number of rotatable bonds is 3. The van der Waals surface area contributed by atoms with Gasteiger partial charge in [0.2, 0.25) is 9.03 Å². The fourth-order valence-electron chi connectivity index (χ4n) is 0.578. The Kier molecular flexibility index (Phi) is 8.09. The quantitative estimate of drug-likeness (QED) is 0.674. The molecule has 0 amide bonds. The molecular weight excluding hydrogens is 171 g/mol. The summed E-state index contributed by atoms with van der Waals surface area (Å²) in [6.45, 7) is 4.00. The van der Waals surface area contributed by atoms with Crippen molar-refractivity contribution in [1.29, 1.82) is 0 Å². The molecule has 68 valence electrons. The van der Waals surface area contributed by atoms with E-state index in [0.29, 0.717) is 0 Å². The zero-order valence-corrected chi connectivity index (χ0v) is 8.70. The molecule has 0 radical (unpaired) electrons. The summed E-state index contributed by atoms with van der Waals surface area (Å²) in [6, 6.07) is 9.59. The molecule has 1 unspecified atom stereocenters. The van der Waals surface area contributed by atoms with E-state index in [1.165, 1.54) is 0 Å². The lowest BCUT2D eigenvalue weighted by Gasteiger charge is -2.00. The lowest BCUT2D eigenvalue weighted by molar-refractivity contribution is 0.417. The molecule has 0 aromatic heterocycles. The first kappa shape index (κ1) is 11.4. The van der Waals surface area contributed by atoms with Gasteiger partial charge in [0.15, 0.2) is 0 Å². The fraction of sp³-hybridized carbons (Fsp3) is 0.333. The highest BCUT2D eigenvalue weighted by Crippen LogP contribution is 2.19. The highest BCUT2D eigenvalue weighted by atomic mass is 31.1. The molecule has 3 heteroatoms. The van der Waals surface area contributed by atoms with E-state index >= 15 is 0 Å². The molecule has 0 aliphatic rings. The van der Waals surface area contributed by atoms with Gasteiger partial charge in [-0.15, -0.1) is 0 Å². The van der Waals surface area contributed by atoms with Crippen LogP contribution in [0.25, 0.3) is 0 Å². The molecule has 1 atom stereocenters. The predicted molar refractivity (Wildman–Crippen MR) is 53.7 cm³/mol. The van der Waals surface area contributed by atoms with Crippen molar-refractivity contribution < 1.29 is 9.05 Å². The second kappa shape index (κ2) is 8.51. The highest BCUT2D eigenvalue weighted by molar-refractivity contribution is 7.26. The van der Waals surface area contributed by atoms with E-state index in [4.69, 9.17) is 9.05 Å². The third kappa shape index (κ3) is 5.11. The topological polar surface area (TPSA) is 18.5 Å². The Hall–Kier alpha value is -0.590. The molecule has 2 nitrogen and oxygen atoms in total. The summed E-state index contributed by atoms with van der Waals surface area (Å²) in [5, 5.41) is 0. The SMILES string of the molecule is CC.COPOc1ccccc1. The molecule has 0 spiro atoms. The van der Waals surface area contributed by atoms with Gasteiger partial charge in [-0.3, -0.25) is 0 Å². The van der Waals surface area contributed by atoms with Crippen LogP contribution >= 0.6 is 9.03 Å². The van der Waals surface area contributed by atoms with Crippen LogP contribution in [0.3, 0.4) is 0 Å². The monoisotopic (exact) mass is 186 g/mol. The summed E-state index contributed by atoms with van der Waals surface area (Å²) >= 11 is 0. The molecule has 0 fully saturated rings. The second-order valence-electron chi connectivity index (χ2n) is 1.70. The maximum absolute atomic E-state index is 5.16. The first-order valence-electron chi connectivity index (χ1n) is 3.93. The zero-order chi connectivity index (χ0) is 9.23. The average Bonchev–Trinajstić information content (AvgIpc) is 2.19. The second-order valence-corrected chi connectivity index (χ2v) is 2.48. The van der Waals surface area contributed by atoms with Crippen molar-refractivity contribution in [3.05, 3.63) is 30.3 Å². The van der Waals surface area contributed by atoms with Crippen molar-refractivity contribution >= 4 is 9.03 Å². The first-order valence-corrected chi connectivity index (χ1v) is 4.75. The maximum atomic E-state index is 5.16. The van der Waals surface area contributed by atoms with Gasteiger partial charge in [0, 0.05) is 7.11 Å². The van der Waals surface area contributed by atoms with Crippen LogP contribution in [0.5, 0.6) is 5.75 Å². The van der Waals surface area contributed by atoms with Crippen LogP contribution in [0.15, 0.2) is 30.3 Å². The van der Waals surface area contributed by atoms with Crippen LogP contribution in [0.2, 0.25) is 0 Å². The molecule has 1 aromatic carbocycles.